The Morgan fingerprint density at radius 2 is 2.22 bits per heavy atom. The van der Waals surface area contributed by atoms with Gasteiger partial charge in [0, 0.05) is 27.6 Å². The van der Waals surface area contributed by atoms with Gasteiger partial charge in [-0.15, -0.1) is 0 Å². The third kappa shape index (κ3) is 2.68. The fraction of sp³-hybridized carbons (Fsp3) is 0.571. The van der Waals surface area contributed by atoms with E-state index in [2.05, 4.69) is 35.1 Å². The number of ether oxygens (including phenoxy) is 1. The van der Waals surface area contributed by atoms with E-state index in [1.54, 1.807) is 0 Å². The zero-order valence-corrected chi connectivity index (χ0v) is 13.3. The van der Waals surface area contributed by atoms with Crippen molar-refractivity contribution in [1.29, 1.82) is 0 Å². The first-order chi connectivity index (χ1) is 8.45. The van der Waals surface area contributed by atoms with Crippen LogP contribution in [0.2, 0.25) is 5.02 Å². The van der Waals surface area contributed by atoms with E-state index >= 15 is 0 Å². The molecule has 2 unspecified atom stereocenters. The molecule has 1 aliphatic carbocycles. The minimum atomic E-state index is 0.151. The van der Waals surface area contributed by atoms with Gasteiger partial charge >= 0.3 is 0 Å². The second-order valence-corrected chi connectivity index (χ2v) is 6.61. The molecule has 0 heterocycles. The Balaban J connectivity index is 2.05. The van der Waals surface area contributed by atoms with Crippen LogP contribution < -0.4 is 5.32 Å². The molecule has 1 aromatic rings. The number of nitrogens with one attached hydrogen (secondary N) is 1. The van der Waals surface area contributed by atoms with Crippen LogP contribution in [0, 0.1) is 5.41 Å². The zero-order valence-electron chi connectivity index (χ0n) is 11.0. The number of rotatable bonds is 4. The van der Waals surface area contributed by atoms with Gasteiger partial charge in [0.2, 0.25) is 0 Å². The normalized spacial score (nSPS) is 25.6. The lowest BCUT2D eigenvalue weighted by molar-refractivity contribution is -0.0976. The van der Waals surface area contributed by atoms with E-state index in [9.17, 15) is 0 Å². The van der Waals surface area contributed by atoms with E-state index in [4.69, 9.17) is 16.3 Å². The molecule has 1 saturated carbocycles. The van der Waals surface area contributed by atoms with Crippen molar-refractivity contribution in [3.8, 4) is 0 Å². The molecule has 2 nitrogen and oxygen atoms in total. The highest BCUT2D eigenvalue weighted by atomic mass is 79.9. The minimum absolute atomic E-state index is 0.151. The van der Waals surface area contributed by atoms with Crippen molar-refractivity contribution in [2.45, 2.75) is 39.3 Å². The molecular formula is C14H19BrClNO. The van der Waals surface area contributed by atoms with Crippen molar-refractivity contribution in [2.75, 3.05) is 11.9 Å². The number of hydrogen-bond donors (Lipinski definition) is 1. The lowest BCUT2D eigenvalue weighted by atomic mass is 9.64. The van der Waals surface area contributed by atoms with E-state index in [0.717, 1.165) is 28.2 Å². The number of anilines is 1. The fourth-order valence-corrected chi connectivity index (χ4v) is 2.94. The summed E-state index contributed by atoms with van der Waals surface area (Å²) in [5, 5.41) is 4.30. The van der Waals surface area contributed by atoms with Gasteiger partial charge in [-0.2, -0.15) is 0 Å². The smallest absolute Gasteiger partial charge is 0.0665 e. The topological polar surface area (TPSA) is 21.3 Å². The van der Waals surface area contributed by atoms with Crippen molar-refractivity contribution >= 4 is 33.2 Å². The Morgan fingerprint density at radius 1 is 1.50 bits per heavy atom. The van der Waals surface area contributed by atoms with Gasteiger partial charge in [0.25, 0.3) is 0 Å². The predicted octanol–water partition coefficient (Wildman–Crippen LogP) is 4.72. The molecule has 100 valence electrons. The van der Waals surface area contributed by atoms with E-state index in [1.807, 2.05) is 25.1 Å². The van der Waals surface area contributed by atoms with Crippen molar-refractivity contribution < 1.29 is 4.74 Å². The zero-order chi connectivity index (χ0) is 13.3. The molecular weight excluding hydrogens is 314 g/mol. The average molecular weight is 333 g/mol. The second-order valence-electron chi connectivity index (χ2n) is 5.32. The Morgan fingerprint density at radius 3 is 2.83 bits per heavy atom. The molecule has 2 atom stereocenters. The van der Waals surface area contributed by atoms with Gasteiger partial charge in [-0.3, -0.25) is 0 Å². The van der Waals surface area contributed by atoms with Gasteiger partial charge in [-0.1, -0.05) is 25.4 Å². The number of halogens is 2. The van der Waals surface area contributed by atoms with Crippen molar-refractivity contribution in [2.24, 2.45) is 5.41 Å². The van der Waals surface area contributed by atoms with Gasteiger partial charge in [-0.25, -0.2) is 0 Å². The molecule has 0 aliphatic heterocycles. The van der Waals surface area contributed by atoms with E-state index in [1.165, 1.54) is 0 Å². The molecule has 0 amide bonds. The second kappa shape index (κ2) is 5.40. The Labute approximate surface area is 122 Å². The summed E-state index contributed by atoms with van der Waals surface area (Å²) >= 11 is 9.57. The summed E-state index contributed by atoms with van der Waals surface area (Å²) in [4.78, 5) is 0. The number of benzene rings is 1. The molecule has 0 aromatic heterocycles. The van der Waals surface area contributed by atoms with Crippen LogP contribution in [0.4, 0.5) is 5.69 Å². The molecule has 1 fully saturated rings. The van der Waals surface area contributed by atoms with Gasteiger partial charge in [0.1, 0.15) is 0 Å². The van der Waals surface area contributed by atoms with Gasteiger partial charge < -0.3 is 10.1 Å². The van der Waals surface area contributed by atoms with Crippen molar-refractivity contribution in [3.63, 3.8) is 0 Å². The molecule has 0 radical (unpaired) electrons. The molecule has 0 bridgehead atoms. The molecule has 4 heteroatoms. The molecule has 1 aliphatic rings. The van der Waals surface area contributed by atoms with Crippen molar-refractivity contribution in [1.82, 2.24) is 0 Å². The lowest BCUT2D eigenvalue weighted by Crippen LogP contribution is -2.58. The predicted molar refractivity (Wildman–Crippen MR) is 80.4 cm³/mol. The largest absolute Gasteiger partial charge is 0.381 e. The van der Waals surface area contributed by atoms with Crippen LogP contribution in [0.3, 0.4) is 0 Å². The van der Waals surface area contributed by atoms with Crippen LogP contribution in [-0.4, -0.2) is 18.8 Å². The molecule has 0 spiro atoms. The summed E-state index contributed by atoms with van der Waals surface area (Å²) in [7, 11) is 0. The average Bonchev–Trinajstić information content (AvgIpc) is 2.32. The summed E-state index contributed by atoms with van der Waals surface area (Å²) in [5.41, 5.74) is 1.20. The molecule has 1 aromatic carbocycles. The molecule has 1 N–H and O–H groups in total. The Bertz CT molecular complexity index is 436. The summed E-state index contributed by atoms with van der Waals surface area (Å²) in [6.45, 7) is 7.31. The molecule has 0 saturated heterocycles. The highest BCUT2D eigenvalue weighted by Crippen LogP contribution is 2.45. The Hall–Kier alpha value is -0.250. The molecule has 18 heavy (non-hydrogen) atoms. The third-order valence-corrected chi connectivity index (χ3v) is 4.73. The van der Waals surface area contributed by atoms with E-state index < -0.39 is 0 Å². The standard InChI is InChI=1S/C14H19BrClNO/c1-4-18-13-8-12(14(13,2)3)17-11-7-9(16)5-6-10(11)15/h5-7,12-13,17H,4,8H2,1-3H3. The highest BCUT2D eigenvalue weighted by molar-refractivity contribution is 9.10. The van der Waals surface area contributed by atoms with Crippen LogP contribution >= 0.6 is 27.5 Å². The monoisotopic (exact) mass is 331 g/mol. The molecule has 2 rings (SSSR count). The maximum atomic E-state index is 6.03. The summed E-state index contributed by atoms with van der Waals surface area (Å²) < 4.78 is 6.78. The maximum absolute atomic E-state index is 6.03. The maximum Gasteiger partial charge on any atom is 0.0665 e. The first-order valence-corrected chi connectivity index (χ1v) is 7.45. The highest BCUT2D eigenvalue weighted by Gasteiger charge is 2.48. The Kier molecular flexibility index (Phi) is 4.25. The van der Waals surface area contributed by atoms with Crippen LogP contribution in [-0.2, 0) is 4.74 Å². The quantitative estimate of drug-likeness (QED) is 0.861. The lowest BCUT2D eigenvalue weighted by Gasteiger charge is -2.52. The number of hydrogen-bond acceptors (Lipinski definition) is 2. The summed E-state index contributed by atoms with van der Waals surface area (Å²) in [5.74, 6) is 0. The summed E-state index contributed by atoms with van der Waals surface area (Å²) in [6.07, 6.45) is 1.39. The third-order valence-electron chi connectivity index (χ3n) is 3.80. The first-order valence-electron chi connectivity index (χ1n) is 6.28. The van der Waals surface area contributed by atoms with Gasteiger partial charge in [0.05, 0.1) is 11.8 Å². The fourth-order valence-electron chi connectivity index (χ4n) is 2.41. The van der Waals surface area contributed by atoms with Crippen LogP contribution in [0.1, 0.15) is 27.2 Å². The van der Waals surface area contributed by atoms with E-state index in [0.29, 0.717) is 12.1 Å². The SMILES string of the molecule is CCOC1CC(Nc2cc(Cl)ccc2Br)C1(C)C. The van der Waals surface area contributed by atoms with Gasteiger partial charge in [0.15, 0.2) is 0 Å². The first kappa shape index (κ1) is 14.2. The summed E-state index contributed by atoms with van der Waals surface area (Å²) in [6, 6.07) is 6.22. The van der Waals surface area contributed by atoms with E-state index in [-0.39, 0.29) is 5.41 Å². The van der Waals surface area contributed by atoms with Crippen molar-refractivity contribution in [3.05, 3.63) is 27.7 Å². The van der Waals surface area contributed by atoms with Crippen LogP contribution in [0.15, 0.2) is 22.7 Å². The minimum Gasteiger partial charge on any atom is -0.381 e. The van der Waals surface area contributed by atoms with Crippen LogP contribution in [0.25, 0.3) is 0 Å². The van der Waals surface area contributed by atoms with Crippen LogP contribution in [0.5, 0.6) is 0 Å². The van der Waals surface area contributed by atoms with Gasteiger partial charge in [-0.05, 0) is 47.5 Å².